The number of ketones is 1. The Morgan fingerprint density at radius 3 is 2.73 bits per heavy atom. The van der Waals surface area contributed by atoms with Crippen LogP contribution in [0.1, 0.15) is 59.6 Å². The summed E-state index contributed by atoms with van der Waals surface area (Å²) in [6.45, 7) is 1.22. The Kier molecular flexibility index (Phi) is 8.83. The quantitative estimate of drug-likeness (QED) is 0.379. The standard InChI is InChI=1S/C24H27ClN4O2S.CH4/c25-20-11-21(32-22(20)14-27-13-18(30)10-15-3-1-2-4-15)24(31)29-12-16-5-6-19-17(9-16)7-8-28-23(19)26;/h5-9,11,15,27H,1-4,10,12-14H2,(H2,26,28)(H,29,31);1H4. The number of anilines is 1. The van der Waals surface area contributed by atoms with E-state index in [9.17, 15) is 9.59 Å². The molecule has 1 aromatic carbocycles. The van der Waals surface area contributed by atoms with Crippen LogP contribution in [0.15, 0.2) is 36.5 Å². The maximum atomic E-state index is 12.6. The van der Waals surface area contributed by atoms with Crippen molar-refractivity contribution in [1.29, 1.82) is 0 Å². The van der Waals surface area contributed by atoms with Crippen LogP contribution in [0.3, 0.4) is 0 Å². The molecular formula is C25H31ClN4O2S. The van der Waals surface area contributed by atoms with Crippen LogP contribution in [0.2, 0.25) is 5.02 Å². The number of carbonyl (C=O) groups excluding carboxylic acids is 2. The first-order chi connectivity index (χ1) is 15.5. The van der Waals surface area contributed by atoms with E-state index in [0.717, 1.165) is 21.2 Å². The third-order valence-corrected chi connectivity index (χ3v) is 7.48. The molecular weight excluding hydrogens is 456 g/mol. The van der Waals surface area contributed by atoms with Gasteiger partial charge in [-0.3, -0.25) is 9.59 Å². The van der Waals surface area contributed by atoms with Crippen LogP contribution >= 0.6 is 22.9 Å². The highest BCUT2D eigenvalue weighted by atomic mass is 35.5. The highest BCUT2D eigenvalue weighted by molar-refractivity contribution is 7.14. The number of nitrogens with two attached hydrogens (primary N) is 1. The zero-order valence-electron chi connectivity index (χ0n) is 17.8. The predicted octanol–water partition coefficient (Wildman–Crippen LogP) is 5.34. The highest BCUT2D eigenvalue weighted by Gasteiger charge is 2.18. The minimum Gasteiger partial charge on any atom is -0.383 e. The maximum absolute atomic E-state index is 12.6. The number of thiophene rings is 1. The van der Waals surface area contributed by atoms with Crippen LogP contribution in [-0.4, -0.2) is 23.2 Å². The summed E-state index contributed by atoms with van der Waals surface area (Å²) in [7, 11) is 0. The Hall–Kier alpha value is -2.48. The predicted molar refractivity (Wildman–Crippen MR) is 137 cm³/mol. The van der Waals surface area contributed by atoms with Gasteiger partial charge in [-0.2, -0.15) is 0 Å². The molecule has 0 unspecified atom stereocenters. The van der Waals surface area contributed by atoms with Gasteiger partial charge in [-0.1, -0.05) is 56.8 Å². The Balaban J connectivity index is 0.00000306. The van der Waals surface area contributed by atoms with E-state index in [0.29, 0.717) is 47.7 Å². The number of pyridine rings is 1. The van der Waals surface area contributed by atoms with Gasteiger partial charge in [0.15, 0.2) is 0 Å². The van der Waals surface area contributed by atoms with Crippen molar-refractivity contribution < 1.29 is 9.59 Å². The molecule has 0 bridgehead atoms. The van der Waals surface area contributed by atoms with Crippen LogP contribution in [0, 0.1) is 5.92 Å². The lowest BCUT2D eigenvalue weighted by Gasteiger charge is -2.08. The number of hydrogen-bond donors (Lipinski definition) is 3. The van der Waals surface area contributed by atoms with Gasteiger partial charge in [-0.05, 0) is 35.1 Å². The molecule has 8 heteroatoms. The van der Waals surface area contributed by atoms with Crippen molar-refractivity contribution in [3.63, 3.8) is 0 Å². The Morgan fingerprint density at radius 2 is 1.94 bits per heavy atom. The van der Waals surface area contributed by atoms with Crippen LogP contribution in [0.4, 0.5) is 5.82 Å². The highest BCUT2D eigenvalue weighted by Crippen LogP contribution is 2.28. The van der Waals surface area contributed by atoms with E-state index in [1.54, 1.807) is 12.3 Å². The summed E-state index contributed by atoms with van der Waals surface area (Å²) in [5.74, 6) is 1.12. The van der Waals surface area contributed by atoms with Gasteiger partial charge in [0.1, 0.15) is 11.6 Å². The molecule has 1 aliphatic carbocycles. The van der Waals surface area contributed by atoms with Crippen molar-refractivity contribution in [3.05, 3.63) is 56.9 Å². The number of benzene rings is 1. The zero-order valence-corrected chi connectivity index (χ0v) is 19.4. The molecule has 2 heterocycles. The van der Waals surface area contributed by atoms with E-state index in [1.165, 1.54) is 37.0 Å². The molecule has 1 aliphatic rings. The topological polar surface area (TPSA) is 97.1 Å². The molecule has 4 rings (SSSR count). The molecule has 1 fully saturated rings. The zero-order chi connectivity index (χ0) is 22.5. The number of carbonyl (C=O) groups is 2. The first kappa shape index (κ1) is 25.1. The molecule has 2 aromatic heterocycles. The summed E-state index contributed by atoms with van der Waals surface area (Å²) in [6, 6.07) is 9.42. The van der Waals surface area contributed by atoms with Gasteiger partial charge in [-0.25, -0.2) is 4.98 Å². The Morgan fingerprint density at radius 1 is 1.15 bits per heavy atom. The molecule has 1 saturated carbocycles. The monoisotopic (exact) mass is 486 g/mol. The second-order valence-corrected chi connectivity index (χ2v) is 9.86. The van der Waals surface area contributed by atoms with Gasteiger partial charge in [0.05, 0.1) is 16.4 Å². The largest absolute Gasteiger partial charge is 0.383 e. The van der Waals surface area contributed by atoms with Gasteiger partial charge in [-0.15, -0.1) is 11.3 Å². The van der Waals surface area contributed by atoms with Crippen molar-refractivity contribution in [2.75, 3.05) is 12.3 Å². The van der Waals surface area contributed by atoms with Crippen LogP contribution in [-0.2, 0) is 17.9 Å². The van der Waals surface area contributed by atoms with E-state index in [4.69, 9.17) is 17.3 Å². The number of Topliss-reactive ketones (excluding diaryl/α,β-unsaturated/α-hetero) is 1. The Bertz CT molecular complexity index is 1120. The van der Waals surface area contributed by atoms with Crippen molar-refractivity contribution in [3.8, 4) is 0 Å². The van der Waals surface area contributed by atoms with Gasteiger partial charge >= 0.3 is 0 Å². The molecule has 0 atom stereocenters. The number of amides is 1. The first-order valence-electron chi connectivity index (χ1n) is 10.9. The molecule has 0 radical (unpaired) electrons. The third-order valence-electron chi connectivity index (χ3n) is 5.89. The molecule has 0 aliphatic heterocycles. The molecule has 0 saturated heterocycles. The number of hydrogen-bond acceptors (Lipinski definition) is 6. The normalized spacial score (nSPS) is 13.7. The summed E-state index contributed by atoms with van der Waals surface area (Å²) in [6.07, 6.45) is 7.17. The van der Waals surface area contributed by atoms with E-state index in [1.807, 2.05) is 24.3 Å². The average molecular weight is 487 g/mol. The summed E-state index contributed by atoms with van der Waals surface area (Å²) in [4.78, 5) is 30.3. The van der Waals surface area contributed by atoms with Gasteiger partial charge in [0.25, 0.3) is 5.91 Å². The van der Waals surface area contributed by atoms with Crippen molar-refractivity contribution in [2.24, 2.45) is 5.92 Å². The van der Waals surface area contributed by atoms with Crippen LogP contribution < -0.4 is 16.4 Å². The number of nitrogen functional groups attached to an aromatic ring is 1. The number of rotatable bonds is 9. The van der Waals surface area contributed by atoms with Crippen molar-refractivity contribution in [2.45, 2.75) is 52.6 Å². The smallest absolute Gasteiger partial charge is 0.261 e. The second-order valence-electron chi connectivity index (χ2n) is 8.31. The molecule has 33 heavy (non-hydrogen) atoms. The lowest BCUT2D eigenvalue weighted by atomic mass is 10.0. The number of nitrogens with one attached hydrogen (secondary N) is 2. The maximum Gasteiger partial charge on any atom is 0.261 e. The number of halogens is 1. The summed E-state index contributed by atoms with van der Waals surface area (Å²) in [5.41, 5.74) is 6.87. The van der Waals surface area contributed by atoms with Crippen LogP contribution in [0.5, 0.6) is 0 Å². The number of fused-ring (bicyclic) bond motifs is 1. The lowest BCUT2D eigenvalue weighted by molar-refractivity contribution is -0.119. The summed E-state index contributed by atoms with van der Waals surface area (Å²) in [5, 5.41) is 8.54. The van der Waals surface area contributed by atoms with E-state index in [-0.39, 0.29) is 19.1 Å². The summed E-state index contributed by atoms with van der Waals surface area (Å²) < 4.78 is 0. The fourth-order valence-corrected chi connectivity index (χ4v) is 5.49. The van der Waals surface area contributed by atoms with Gasteiger partial charge < -0.3 is 16.4 Å². The van der Waals surface area contributed by atoms with Crippen molar-refractivity contribution in [1.82, 2.24) is 15.6 Å². The number of aromatic nitrogens is 1. The average Bonchev–Trinajstić information content (AvgIpc) is 3.42. The van der Waals surface area contributed by atoms with Gasteiger partial charge in [0.2, 0.25) is 0 Å². The van der Waals surface area contributed by atoms with Crippen molar-refractivity contribution >= 4 is 51.2 Å². The molecule has 4 N–H and O–H groups in total. The lowest BCUT2D eigenvalue weighted by Crippen LogP contribution is -2.23. The first-order valence-corrected chi connectivity index (χ1v) is 12.1. The van der Waals surface area contributed by atoms with Crippen LogP contribution in [0.25, 0.3) is 10.8 Å². The minimum absolute atomic E-state index is 0. The molecule has 1 amide bonds. The third kappa shape index (κ3) is 6.53. The second kappa shape index (κ2) is 11.6. The molecule has 6 nitrogen and oxygen atoms in total. The molecule has 0 spiro atoms. The van der Waals surface area contributed by atoms with Gasteiger partial charge in [0, 0.05) is 36.0 Å². The molecule has 3 aromatic rings. The summed E-state index contributed by atoms with van der Waals surface area (Å²) >= 11 is 7.68. The fraction of sp³-hybridized carbons (Fsp3) is 0.400. The van der Waals surface area contributed by atoms with E-state index in [2.05, 4.69) is 15.6 Å². The minimum atomic E-state index is -0.171. The van der Waals surface area contributed by atoms with E-state index < -0.39 is 0 Å². The molecule has 176 valence electrons. The Labute approximate surface area is 203 Å². The fourth-order valence-electron chi connectivity index (χ4n) is 4.19. The number of nitrogens with zero attached hydrogens (tertiary/aromatic N) is 1. The van der Waals surface area contributed by atoms with E-state index >= 15 is 0 Å². The SMILES string of the molecule is C.Nc1nccc2cc(CNC(=O)c3cc(Cl)c(CNCC(=O)CC4CCCC4)s3)ccc12.